The highest BCUT2D eigenvalue weighted by molar-refractivity contribution is 5.58. The van der Waals surface area contributed by atoms with E-state index in [0.29, 0.717) is 0 Å². The number of hydrogen-bond donors (Lipinski definition) is 2. The Bertz CT molecular complexity index is 451. The van der Waals surface area contributed by atoms with E-state index in [0.717, 1.165) is 49.6 Å². The second-order valence-corrected chi connectivity index (χ2v) is 5.64. The molecule has 1 fully saturated rings. The van der Waals surface area contributed by atoms with E-state index in [4.69, 9.17) is 4.74 Å². The van der Waals surface area contributed by atoms with Crippen molar-refractivity contribution in [3.05, 3.63) is 11.9 Å². The van der Waals surface area contributed by atoms with Crippen molar-refractivity contribution in [1.29, 1.82) is 0 Å². The fourth-order valence-corrected chi connectivity index (χ4v) is 2.52. The van der Waals surface area contributed by atoms with Gasteiger partial charge < -0.3 is 15.4 Å². The van der Waals surface area contributed by atoms with Crippen molar-refractivity contribution >= 4 is 11.6 Å². The Morgan fingerprint density at radius 2 is 2.10 bits per heavy atom. The minimum absolute atomic E-state index is 0.0553. The summed E-state index contributed by atoms with van der Waals surface area (Å²) in [5, 5.41) is 6.97. The molecule has 5 heteroatoms. The second-order valence-electron chi connectivity index (χ2n) is 5.64. The molecule has 20 heavy (non-hydrogen) atoms. The molecule has 1 aliphatic heterocycles. The number of nitrogens with zero attached hydrogens (tertiary/aromatic N) is 2. The van der Waals surface area contributed by atoms with Gasteiger partial charge in [0.05, 0.1) is 11.6 Å². The van der Waals surface area contributed by atoms with Crippen LogP contribution in [0.5, 0.6) is 0 Å². The van der Waals surface area contributed by atoms with Crippen molar-refractivity contribution in [3.63, 3.8) is 0 Å². The lowest BCUT2D eigenvalue weighted by Gasteiger charge is -2.30. The smallest absolute Gasteiger partial charge is 0.135 e. The van der Waals surface area contributed by atoms with Gasteiger partial charge in [-0.1, -0.05) is 13.8 Å². The van der Waals surface area contributed by atoms with Crippen molar-refractivity contribution in [3.8, 4) is 0 Å². The predicted molar refractivity (Wildman–Crippen MR) is 82.2 cm³/mol. The van der Waals surface area contributed by atoms with Gasteiger partial charge in [-0.25, -0.2) is 9.97 Å². The molecule has 0 bridgehead atoms. The standard InChI is InChI=1S/C15H26N4O/c1-5-8-16-13-12(6-2)14(18-10-17-13)19-15(4)7-9-20-11(15)3/h10-11H,5-9H2,1-4H3,(H2,16,17,18,19). The first-order valence-corrected chi connectivity index (χ1v) is 7.58. The maximum absolute atomic E-state index is 5.69. The lowest BCUT2D eigenvalue weighted by molar-refractivity contribution is 0.105. The minimum atomic E-state index is -0.0553. The fourth-order valence-electron chi connectivity index (χ4n) is 2.52. The number of aromatic nitrogens is 2. The van der Waals surface area contributed by atoms with E-state index in [-0.39, 0.29) is 11.6 Å². The minimum Gasteiger partial charge on any atom is -0.376 e. The molecule has 0 aliphatic carbocycles. The molecule has 0 saturated carbocycles. The molecule has 2 N–H and O–H groups in total. The van der Waals surface area contributed by atoms with Gasteiger partial charge in [0.15, 0.2) is 0 Å². The van der Waals surface area contributed by atoms with E-state index < -0.39 is 0 Å². The van der Waals surface area contributed by atoms with Crippen molar-refractivity contribution in [2.45, 2.75) is 58.6 Å². The molecule has 0 spiro atoms. The average Bonchev–Trinajstić information content (AvgIpc) is 2.76. The van der Waals surface area contributed by atoms with Crippen molar-refractivity contribution < 1.29 is 4.74 Å². The summed E-state index contributed by atoms with van der Waals surface area (Å²) in [5.41, 5.74) is 1.10. The highest BCUT2D eigenvalue weighted by atomic mass is 16.5. The monoisotopic (exact) mass is 278 g/mol. The van der Waals surface area contributed by atoms with Gasteiger partial charge >= 0.3 is 0 Å². The molecule has 1 aliphatic rings. The Morgan fingerprint density at radius 3 is 2.70 bits per heavy atom. The molecule has 2 heterocycles. The Kier molecular flexibility index (Phi) is 4.81. The topological polar surface area (TPSA) is 59.1 Å². The SMILES string of the molecule is CCCNc1ncnc(NC2(C)CCOC2C)c1CC. The van der Waals surface area contributed by atoms with E-state index in [1.54, 1.807) is 6.33 Å². The third kappa shape index (κ3) is 3.03. The van der Waals surface area contributed by atoms with Crippen molar-refractivity contribution in [2.24, 2.45) is 0 Å². The Balaban J connectivity index is 2.22. The van der Waals surface area contributed by atoms with Crippen molar-refractivity contribution in [2.75, 3.05) is 23.8 Å². The van der Waals surface area contributed by atoms with Crippen LogP contribution in [0.3, 0.4) is 0 Å². The van der Waals surface area contributed by atoms with Crippen LogP contribution in [0.25, 0.3) is 0 Å². The van der Waals surface area contributed by atoms with Gasteiger partial charge in [-0.2, -0.15) is 0 Å². The van der Waals surface area contributed by atoms with Crippen LogP contribution >= 0.6 is 0 Å². The highest BCUT2D eigenvalue weighted by Crippen LogP contribution is 2.31. The van der Waals surface area contributed by atoms with Crippen LogP contribution in [-0.2, 0) is 11.2 Å². The Hall–Kier alpha value is -1.36. The van der Waals surface area contributed by atoms with Crippen LogP contribution in [0.1, 0.15) is 46.1 Å². The largest absolute Gasteiger partial charge is 0.376 e. The number of anilines is 2. The zero-order valence-corrected chi connectivity index (χ0v) is 13.0. The molecular formula is C15H26N4O. The summed E-state index contributed by atoms with van der Waals surface area (Å²) in [4.78, 5) is 8.81. The van der Waals surface area contributed by atoms with E-state index in [2.05, 4.69) is 48.3 Å². The molecule has 0 aromatic carbocycles. The Morgan fingerprint density at radius 1 is 1.35 bits per heavy atom. The Labute approximate surface area is 121 Å². The van der Waals surface area contributed by atoms with E-state index in [1.165, 1.54) is 0 Å². The lowest BCUT2D eigenvalue weighted by atomic mass is 9.94. The third-order valence-electron chi connectivity index (χ3n) is 4.13. The van der Waals surface area contributed by atoms with Gasteiger partial charge in [0.2, 0.25) is 0 Å². The predicted octanol–water partition coefficient (Wildman–Crippen LogP) is 2.84. The van der Waals surface area contributed by atoms with Gasteiger partial charge in [-0.3, -0.25) is 0 Å². The van der Waals surface area contributed by atoms with Crippen LogP contribution in [0.4, 0.5) is 11.6 Å². The quantitative estimate of drug-likeness (QED) is 0.838. The number of ether oxygens (including phenoxy) is 1. The number of hydrogen-bond acceptors (Lipinski definition) is 5. The maximum Gasteiger partial charge on any atom is 0.135 e. The number of rotatable bonds is 6. The maximum atomic E-state index is 5.69. The van der Waals surface area contributed by atoms with E-state index in [9.17, 15) is 0 Å². The second kappa shape index (κ2) is 6.39. The molecule has 1 aromatic rings. The molecule has 112 valence electrons. The first-order valence-electron chi connectivity index (χ1n) is 7.58. The summed E-state index contributed by atoms with van der Waals surface area (Å²) in [5.74, 6) is 1.88. The molecule has 0 amide bonds. The molecular weight excluding hydrogens is 252 g/mol. The molecule has 2 atom stereocenters. The molecule has 2 unspecified atom stereocenters. The van der Waals surface area contributed by atoms with Crippen LogP contribution in [0, 0.1) is 0 Å². The third-order valence-corrected chi connectivity index (χ3v) is 4.13. The van der Waals surface area contributed by atoms with Crippen LogP contribution in [0.2, 0.25) is 0 Å². The van der Waals surface area contributed by atoms with Gasteiger partial charge in [-0.05, 0) is 33.1 Å². The molecule has 1 saturated heterocycles. The first-order chi connectivity index (χ1) is 9.60. The summed E-state index contributed by atoms with van der Waals surface area (Å²) < 4.78 is 5.69. The zero-order chi connectivity index (χ0) is 14.6. The fraction of sp³-hybridized carbons (Fsp3) is 0.733. The van der Waals surface area contributed by atoms with Crippen LogP contribution < -0.4 is 10.6 Å². The zero-order valence-electron chi connectivity index (χ0n) is 13.0. The molecule has 2 rings (SSSR count). The van der Waals surface area contributed by atoms with Crippen molar-refractivity contribution in [1.82, 2.24) is 9.97 Å². The first kappa shape index (κ1) is 15.0. The van der Waals surface area contributed by atoms with Gasteiger partial charge in [0, 0.05) is 18.7 Å². The lowest BCUT2D eigenvalue weighted by Crippen LogP contribution is -2.41. The summed E-state index contributed by atoms with van der Waals surface area (Å²) in [6, 6.07) is 0. The van der Waals surface area contributed by atoms with E-state index >= 15 is 0 Å². The average molecular weight is 278 g/mol. The number of nitrogens with one attached hydrogen (secondary N) is 2. The normalized spacial score (nSPS) is 25.7. The van der Waals surface area contributed by atoms with Gasteiger partial charge in [0.1, 0.15) is 18.0 Å². The molecule has 1 aromatic heterocycles. The molecule has 0 radical (unpaired) electrons. The summed E-state index contributed by atoms with van der Waals surface area (Å²) in [6.07, 6.45) is 4.80. The van der Waals surface area contributed by atoms with Crippen LogP contribution in [-0.4, -0.2) is 34.8 Å². The summed E-state index contributed by atoms with van der Waals surface area (Å²) in [6.45, 7) is 10.3. The highest BCUT2D eigenvalue weighted by Gasteiger charge is 2.37. The summed E-state index contributed by atoms with van der Waals surface area (Å²) >= 11 is 0. The summed E-state index contributed by atoms with van der Waals surface area (Å²) in [7, 11) is 0. The van der Waals surface area contributed by atoms with Gasteiger partial charge in [0.25, 0.3) is 0 Å². The van der Waals surface area contributed by atoms with Crippen LogP contribution in [0.15, 0.2) is 6.33 Å². The molecule has 5 nitrogen and oxygen atoms in total. The van der Waals surface area contributed by atoms with E-state index in [1.807, 2.05) is 0 Å². The van der Waals surface area contributed by atoms with Gasteiger partial charge in [-0.15, -0.1) is 0 Å².